The molecule has 2 fully saturated rings. The van der Waals surface area contributed by atoms with Gasteiger partial charge in [0, 0.05) is 55.6 Å². The molecule has 1 aliphatic carbocycles. The van der Waals surface area contributed by atoms with Gasteiger partial charge in [-0.1, -0.05) is 23.7 Å². The summed E-state index contributed by atoms with van der Waals surface area (Å²) in [5.74, 6) is 0.920. The number of halogens is 2. The number of hydrogen-bond acceptors (Lipinski definition) is 5. The van der Waals surface area contributed by atoms with Gasteiger partial charge in [-0.15, -0.1) is 12.4 Å². The van der Waals surface area contributed by atoms with E-state index < -0.39 is 10.0 Å². The maximum absolute atomic E-state index is 13.2. The molecule has 2 heterocycles. The monoisotopic (exact) mass is 537 g/mol. The largest absolute Gasteiger partial charge is 0.353 e. The van der Waals surface area contributed by atoms with Gasteiger partial charge in [-0.2, -0.15) is 4.31 Å². The SMILES string of the molecule is Cl.O=C(C1CCC(Nc2ncc[nH]2)CC1)N1CCN(S(=O)(=O)c2ccc3cc(Cl)ccc3c2)CC1. The Balaban J connectivity index is 0.00000289. The fraction of sp³-hybridized carbons (Fsp3) is 0.417. The molecule has 1 saturated heterocycles. The van der Waals surface area contributed by atoms with E-state index in [4.69, 9.17) is 11.6 Å². The second-order valence-electron chi connectivity index (χ2n) is 9.01. The van der Waals surface area contributed by atoms with Crippen LogP contribution >= 0.6 is 24.0 Å². The Hall–Kier alpha value is -2.33. The summed E-state index contributed by atoms with van der Waals surface area (Å²) in [5, 5.41) is 5.73. The van der Waals surface area contributed by atoms with E-state index >= 15 is 0 Å². The summed E-state index contributed by atoms with van der Waals surface area (Å²) >= 11 is 6.04. The van der Waals surface area contributed by atoms with Crippen LogP contribution in [-0.4, -0.2) is 65.7 Å². The molecule has 0 unspecified atom stereocenters. The summed E-state index contributed by atoms with van der Waals surface area (Å²) in [6.07, 6.45) is 6.99. The van der Waals surface area contributed by atoms with Gasteiger partial charge in [-0.3, -0.25) is 4.79 Å². The van der Waals surface area contributed by atoms with Crippen molar-refractivity contribution in [3.8, 4) is 0 Å². The normalized spacial score (nSPS) is 21.5. The molecule has 2 aromatic carbocycles. The van der Waals surface area contributed by atoms with Gasteiger partial charge >= 0.3 is 0 Å². The molecule has 1 aromatic heterocycles. The molecule has 35 heavy (non-hydrogen) atoms. The number of imidazole rings is 1. The zero-order valence-corrected chi connectivity index (χ0v) is 21.6. The lowest BCUT2D eigenvalue weighted by atomic mass is 9.85. The van der Waals surface area contributed by atoms with Crippen molar-refractivity contribution < 1.29 is 13.2 Å². The van der Waals surface area contributed by atoms with Crippen molar-refractivity contribution in [2.24, 2.45) is 5.92 Å². The number of nitrogens with zero attached hydrogens (tertiary/aromatic N) is 3. The van der Waals surface area contributed by atoms with E-state index in [1.165, 1.54) is 4.31 Å². The standard InChI is InChI=1S/C24H28ClN5O3S.ClH/c25-20-5-1-19-16-22(8-4-18(19)15-20)34(32,33)30-13-11-29(12-14-30)23(31)17-2-6-21(7-3-17)28-24-26-9-10-27-24;/h1,4-5,8-10,15-17,21H,2-3,6-7,11-14H2,(H2,26,27,28);1H. The number of amides is 1. The summed E-state index contributed by atoms with van der Waals surface area (Å²) in [6.45, 7) is 1.46. The van der Waals surface area contributed by atoms with Crippen LogP contribution in [0.25, 0.3) is 10.8 Å². The molecule has 0 spiro atoms. The van der Waals surface area contributed by atoms with Gasteiger partial charge < -0.3 is 15.2 Å². The lowest BCUT2D eigenvalue weighted by Gasteiger charge is -2.37. The predicted molar refractivity (Wildman–Crippen MR) is 140 cm³/mol. The molecule has 3 aromatic rings. The fourth-order valence-corrected chi connectivity index (χ4v) is 6.57. The molecule has 2 aliphatic rings. The highest BCUT2D eigenvalue weighted by Gasteiger charge is 2.34. The van der Waals surface area contributed by atoms with Gasteiger partial charge in [0.2, 0.25) is 15.9 Å². The number of aromatic amines is 1. The maximum Gasteiger partial charge on any atom is 0.243 e. The quantitative estimate of drug-likeness (QED) is 0.509. The summed E-state index contributed by atoms with van der Waals surface area (Å²) in [5.41, 5.74) is 0. The zero-order valence-electron chi connectivity index (χ0n) is 19.2. The van der Waals surface area contributed by atoms with E-state index in [-0.39, 0.29) is 29.1 Å². The number of nitrogens with one attached hydrogen (secondary N) is 2. The van der Waals surface area contributed by atoms with Gasteiger partial charge in [0.25, 0.3) is 0 Å². The lowest BCUT2D eigenvalue weighted by Crippen LogP contribution is -2.52. The van der Waals surface area contributed by atoms with E-state index in [9.17, 15) is 13.2 Å². The Morgan fingerprint density at radius 2 is 1.69 bits per heavy atom. The minimum atomic E-state index is -3.62. The average Bonchev–Trinajstić information content (AvgIpc) is 3.37. The molecular formula is C24H29Cl2N5O3S. The first-order valence-electron chi connectivity index (χ1n) is 11.6. The molecule has 2 N–H and O–H groups in total. The first-order chi connectivity index (χ1) is 16.4. The van der Waals surface area contributed by atoms with Crippen molar-refractivity contribution in [3.63, 3.8) is 0 Å². The Bertz CT molecular complexity index is 1270. The highest BCUT2D eigenvalue weighted by Crippen LogP contribution is 2.29. The Labute approximate surface area is 216 Å². The number of rotatable bonds is 5. The van der Waals surface area contributed by atoms with Crippen LogP contribution in [0, 0.1) is 5.92 Å². The van der Waals surface area contributed by atoms with E-state index in [1.54, 1.807) is 36.7 Å². The number of piperazine rings is 1. The number of anilines is 1. The van der Waals surface area contributed by atoms with Gasteiger partial charge in [0.05, 0.1) is 4.90 Å². The summed E-state index contributed by atoms with van der Waals surface area (Å²) in [4.78, 5) is 22.4. The van der Waals surface area contributed by atoms with Crippen LogP contribution in [0.1, 0.15) is 25.7 Å². The van der Waals surface area contributed by atoms with Crippen LogP contribution in [0.15, 0.2) is 53.7 Å². The van der Waals surface area contributed by atoms with Crippen LogP contribution in [-0.2, 0) is 14.8 Å². The van der Waals surface area contributed by atoms with Crippen LogP contribution in [0.5, 0.6) is 0 Å². The molecule has 1 saturated carbocycles. The number of H-pyrrole nitrogens is 1. The Morgan fingerprint density at radius 1 is 1.00 bits per heavy atom. The third-order valence-electron chi connectivity index (χ3n) is 6.88. The minimum Gasteiger partial charge on any atom is -0.353 e. The first-order valence-corrected chi connectivity index (χ1v) is 13.5. The van der Waals surface area contributed by atoms with Crippen molar-refractivity contribution in [2.45, 2.75) is 36.6 Å². The number of fused-ring (bicyclic) bond motifs is 1. The van der Waals surface area contributed by atoms with Crippen molar-refractivity contribution >= 4 is 56.7 Å². The Kier molecular flexibility index (Phi) is 7.90. The van der Waals surface area contributed by atoms with Crippen molar-refractivity contribution in [2.75, 3.05) is 31.5 Å². The molecule has 188 valence electrons. The molecule has 1 amide bonds. The summed E-state index contributed by atoms with van der Waals surface area (Å²) < 4.78 is 27.9. The predicted octanol–water partition coefficient (Wildman–Crippen LogP) is 4.14. The van der Waals surface area contributed by atoms with Crippen LogP contribution in [0.4, 0.5) is 5.95 Å². The highest BCUT2D eigenvalue weighted by molar-refractivity contribution is 7.89. The Morgan fingerprint density at radius 3 is 2.37 bits per heavy atom. The van der Waals surface area contributed by atoms with E-state index in [2.05, 4.69) is 15.3 Å². The minimum absolute atomic E-state index is 0. The van der Waals surface area contributed by atoms with Crippen LogP contribution in [0.3, 0.4) is 0 Å². The number of benzene rings is 2. The van der Waals surface area contributed by atoms with Crippen molar-refractivity contribution in [1.82, 2.24) is 19.2 Å². The second kappa shape index (κ2) is 10.7. The van der Waals surface area contributed by atoms with E-state index in [0.29, 0.717) is 37.2 Å². The smallest absolute Gasteiger partial charge is 0.243 e. The topological polar surface area (TPSA) is 98.4 Å². The number of hydrogen-bond donors (Lipinski definition) is 2. The number of carbonyl (C=O) groups excluding carboxylic acids is 1. The molecule has 0 atom stereocenters. The van der Waals surface area contributed by atoms with Gasteiger partial charge in [-0.25, -0.2) is 13.4 Å². The number of sulfonamides is 1. The molecular weight excluding hydrogens is 509 g/mol. The van der Waals surface area contributed by atoms with Crippen molar-refractivity contribution in [1.29, 1.82) is 0 Å². The second-order valence-corrected chi connectivity index (χ2v) is 11.4. The summed E-state index contributed by atoms with van der Waals surface area (Å²) in [7, 11) is -3.62. The molecule has 8 nitrogen and oxygen atoms in total. The van der Waals surface area contributed by atoms with Crippen LogP contribution in [0.2, 0.25) is 5.02 Å². The third kappa shape index (κ3) is 5.58. The van der Waals surface area contributed by atoms with E-state index in [0.717, 1.165) is 42.4 Å². The van der Waals surface area contributed by atoms with Crippen molar-refractivity contribution in [3.05, 3.63) is 53.8 Å². The molecule has 11 heteroatoms. The number of carbonyl (C=O) groups is 1. The van der Waals surface area contributed by atoms with Crippen LogP contribution < -0.4 is 5.32 Å². The molecule has 5 rings (SSSR count). The summed E-state index contributed by atoms with van der Waals surface area (Å²) in [6, 6.07) is 10.8. The zero-order chi connectivity index (χ0) is 23.7. The highest BCUT2D eigenvalue weighted by atomic mass is 35.5. The molecule has 1 aliphatic heterocycles. The first kappa shape index (κ1) is 25.8. The van der Waals surface area contributed by atoms with Gasteiger partial charge in [0.1, 0.15) is 0 Å². The lowest BCUT2D eigenvalue weighted by molar-refractivity contribution is -0.137. The van der Waals surface area contributed by atoms with Gasteiger partial charge in [-0.05, 0) is 60.7 Å². The maximum atomic E-state index is 13.2. The molecule has 0 bridgehead atoms. The third-order valence-corrected chi connectivity index (χ3v) is 9.01. The fourth-order valence-electron chi connectivity index (χ4n) is 4.93. The van der Waals surface area contributed by atoms with Gasteiger partial charge in [0.15, 0.2) is 5.95 Å². The number of aromatic nitrogens is 2. The average molecular weight is 539 g/mol. The molecule has 0 radical (unpaired) electrons. The van der Waals surface area contributed by atoms with E-state index in [1.807, 2.05) is 17.0 Å².